The van der Waals surface area contributed by atoms with Crippen molar-refractivity contribution in [2.75, 3.05) is 0 Å². The summed E-state index contributed by atoms with van der Waals surface area (Å²) in [4.78, 5) is 20.2. The maximum Gasteiger partial charge on any atom is 2.00 e. The van der Waals surface area contributed by atoms with Crippen LogP contribution in [0.25, 0.3) is 0 Å². The second kappa shape index (κ2) is 49.1. The van der Waals surface area contributed by atoms with Gasteiger partial charge in [0, 0.05) is 12.8 Å². The summed E-state index contributed by atoms with van der Waals surface area (Å²) in [5.41, 5.74) is 0. The third-order valence-electron chi connectivity index (χ3n) is 9.19. The van der Waals surface area contributed by atoms with E-state index in [9.17, 15) is 19.8 Å². The van der Waals surface area contributed by atoms with Crippen LogP contribution in [0.4, 0.5) is 0 Å². The van der Waals surface area contributed by atoms with Crippen LogP contribution in [0.15, 0.2) is 0 Å². The second-order valence-corrected chi connectivity index (χ2v) is 14.0. The zero-order chi connectivity index (χ0) is 35.4. The number of hydrogen-bond donors (Lipinski definition) is 0. The predicted octanol–water partition coefficient (Wildman–Crippen LogP) is 11.6. The van der Waals surface area contributed by atoms with Gasteiger partial charge in [-0.3, -0.25) is 0 Å². The van der Waals surface area contributed by atoms with Gasteiger partial charge >= 0.3 is 27.3 Å². The van der Waals surface area contributed by atoms with Crippen LogP contribution >= 0.6 is 0 Å². The van der Waals surface area contributed by atoms with Crippen LogP contribution in [0.1, 0.15) is 245 Å². The molecule has 280 valence electrons. The average molecular weight is 784 g/mol. The third-order valence-corrected chi connectivity index (χ3v) is 9.19. The first kappa shape index (κ1) is 52.3. The topological polar surface area (TPSA) is 80.3 Å². The summed E-state index contributed by atoms with van der Waals surface area (Å²) < 4.78 is 0. The molecule has 49 heavy (non-hydrogen) atoms. The molecule has 0 amide bonds. The van der Waals surface area contributed by atoms with Gasteiger partial charge in [0.25, 0.3) is 0 Å². The molecule has 0 fully saturated rings. The van der Waals surface area contributed by atoms with E-state index in [0.717, 1.165) is 12.8 Å². The van der Waals surface area contributed by atoms with Gasteiger partial charge in [0.15, 0.2) is 0 Å². The minimum absolute atomic E-state index is 0. The van der Waals surface area contributed by atoms with Crippen molar-refractivity contribution in [1.29, 1.82) is 0 Å². The second-order valence-electron chi connectivity index (χ2n) is 14.0. The molecule has 0 bridgehead atoms. The van der Waals surface area contributed by atoms with Crippen molar-refractivity contribution >= 4 is 11.9 Å². The summed E-state index contributed by atoms with van der Waals surface area (Å²) in [6.07, 6.45) is 47.6. The number of carboxylic acids is 2. The van der Waals surface area contributed by atoms with E-state index in [2.05, 4.69) is 37.5 Å². The van der Waals surface area contributed by atoms with E-state index in [0.29, 0.717) is 12.8 Å². The number of rotatable bonds is 34. The van der Waals surface area contributed by atoms with Crippen molar-refractivity contribution in [1.82, 2.24) is 0 Å². The summed E-state index contributed by atoms with van der Waals surface area (Å²) in [5.74, 6) is 6.84. The molecule has 0 N–H and O–H groups in total. The Morgan fingerprint density at radius 3 is 0.653 bits per heavy atom. The van der Waals surface area contributed by atoms with Crippen molar-refractivity contribution in [2.24, 2.45) is 0 Å². The molecule has 0 atom stereocenters. The molecule has 0 rings (SSSR count). The van der Waals surface area contributed by atoms with E-state index in [4.69, 9.17) is 0 Å². The molecule has 0 saturated carbocycles. The van der Waals surface area contributed by atoms with Gasteiger partial charge < -0.3 is 19.8 Å². The first-order chi connectivity index (χ1) is 23.5. The normalized spacial score (nSPS) is 10.2. The van der Waals surface area contributed by atoms with Crippen LogP contribution in [-0.2, 0) is 36.9 Å². The van der Waals surface area contributed by atoms with E-state index in [1.165, 1.54) is 205 Å². The summed E-state index contributed by atoms with van der Waals surface area (Å²) in [6.45, 7) is 4.55. The minimum atomic E-state index is -1.26. The van der Waals surface area contributed by atoms with Gasteiger partial charge in [-0.1, -0.05) is 231 Å². The molecule has 0 unspecified atom stereocenters. The Labute approximate surface area is 326 Å². The Morgan fingerprint density at radius 1 is 0.327 bits per heavy atom. The van der Waals surface area contributed by atoms with Gasteiger partial charge in [-0.15, -0.1) is 0 Å². The predicted molar refractivity (Wildman–Crippen MR) is 203 cm³/mol. The molecule has 0 aromatic rings. The van der Waals surface area contributed by atoms with Crippen LogP contribution in [-0.4, -0.2) is 11.9 Å². The Kier molecular flexibility index (Phi) is 52.4. The summed E-state index contributed by atoms with van der Waals surface area (Å²) >= 11 is 0. The van der Waals surface area contributed by atoms with Crippen LogP contribution in [0.5, 0.6) is 0 Å². The zero-order valence-electron chi connectivity index (χ0n) is 32.8. The molecule has 0 aliphatic carbocycles. The number of carbonyl (C=O) groups excluding carboxylic acids is 2. The number of aliphatic carboxylic acids is 2. The Balaban J connectivity index is -0.000000846. The van der Waals surface area contributed by atoms with Crippen LogP contribution < -0.4 is 10.2 Å². The molecule has 0 aromatic heterocycles. The van der Waals surface area contributed by atoms with Gasteiger partial charge in [-0.05, 0) is 24.7 Å². The summed E-state index contributed by atoms with van der Waals surface area (Å²) in [6, 6.07) is 0. The van der Waals surface area contributed by atoms with Crippen molar-refractivity contribution in [3.05, 3.63) is 0 Å². The average Bonchev–Trinajstić information content (AvgIpc) is 3.07. The molecule has 5 heteroatoms. The van der Waals surface area contributed by atoms with E-state index < -0.39 is 11.9 Å². The van der Waals surface area contributed by atoms with E-state index in [-0.39, 0.29) is 27.3 Å². The minimum Gasteiger partial charge on any atom is -0.537 e. The molecule has 4 nitrogen and oxygen atoms in total. The maximum absolute atomic E-state index is 10.1. The van der Waals surface area contributed by atoms with E-state index >= 15 is 0 Å². The van der Waals surface area contributed by atoms with Gasteiger partial charge in [-0.2, -0.15) is 0 Å². The smallest absolute Gasteiger partial charge is 0.537 e. The molecule has 0 spiro atoms. The molecule has 0 radical (unpaired) electrons. The van der Waals surface area contributed by atoms with Crippen LogP contribution in [0.2, 0.25) is 0 Å². The van der Waals surface area contributed by atoms with Gasteiger partial charge in [0.1, 0.15) is 11.9 Å². The monoisotopic (exact) mass is 784 g/mol. The molecule has 0 aliphatic rings. The molecule has 0 aliphatic heterocycles. The summed E-state index contributed by atoms with van der Waals surface area (Å²) in [5, 5.41) is 20.2. The molecule has 0 saturated heterocycles. The van der Waals surface area contributed by atoms with Gasteiger partial charge in [0.2, 0.25) is 0 Å². The SMILES string of the molecule is CCCCCCCCCCCCCCCCCCCC#CC(=O)[O-].CCCCCCCCCCCCCCCCCCCC#CC(=O)[O-].[Cd+2]. The summed E-state index contributed by atoms with van der Waals surface area (Å²) in [7, 11) is 0. The third kappa shape index (κ3) is 56.6. The van der Waals surface area contributed by atoms with Gasteiger partial charge in [-0.25, -0.2) is 0 Å². The Morgan fingerprint density at radius 2 is 0.490 bits per heavy atom. The van der Waals surface area contributed by atoms with Crippen molar-refractivity contribution in [3.8, 4) is 23.7 Å². The Bertz CT molecular complexity index is 722. The largest absolute Gasteiger partial charge is 2.00 e. The first-order valence-electron chi connectivity index (χ1n) is 20.9. The van der Waals surface area contributed by atoms with Crippen LogP contribution in [0, 0.1) is 23.7 Å². The van der Waals surface area contributed by atoms with Crippen molar-refractivity contribution in [3.63, 3.8) is 0 Å². The quantitative estimate of drug-likeness (QED) is 0.0370. The maximum atomic E-state index is 10.1. The first-order valence-corrected chi connectivity index (χ1v) is 20.9. The van der Waals surface area contributed by atoms with Crippen molar-refractivity contribution in [2.45, 2.75) is 245 Å². The fourth-order valence-electron chi connectivity index (χ4n) is 6.15. The fourth-order valence-corrected chi connectivity index (χ4v) is 6.15. The number of unbranched alkanes of at least 4 members (excludes halogenated alkanes) is 34. The zero-order valence-corrected chi connectivity index (χ0v) is 36.8. The standard InChI is InChI=1S/2C22H40O2.Cd/c2*1-2-3-4-5-6-7-8-9-10-11-12-13-14-15-16-17-18-19-20-21-22(23)24;/h2*2-19H2,1H3,(H,23,24);/q;;+2/p-2. The number of carbonyl (C=O) groups is 2. The number of carboxylic acid groups (broad SMARTS) is 2. The van der Waals surface area contributed by atoms with E-state index in [1.54, 1.807) is 0 Å². The van der Waals surface area contributed by atoms with Crippen molar-refractivity contribution < 1.29 is 47.1 Å². The molecule has 0 heterocycles. The van der Waals surface area contributed by atoms with E-state index in [1.807, 2.05) is 0 Å². The Hall–Kier alpha value is -1.02. The molecular weight excluding hydrogens is 705 g/mol. The van der Waals surface area contributed by atoms with Crippen LogP contribution in [0.3, 0.4) is 0 Å². The number of hydrogen-bond acceptors (Lipinski definition) is 4. The van der Waals surface area contributed by atoms with Gasteiger partial charge in [0.05, 0.1) is 0 Å². The fraction of sp³-hybridized carbons (Fsp3) is 0.864. The molecule has 0 aromatic carbocycles. The molecular formula is C44H78CdO4.